The molecule has 82 valence electrons. The Morgan fingerprint density at radius 1 is 1.80 bits per heavy atom. The van der Waals surface area contributed by atoms with E-state index in [1.54, 1.807) is 12.4 Å². The molecule has 15 heavy (non-hydrogen) atoms. The monoisotopic (exact) mass is 211 g/mol. The lowest BCUT2D eigenvalue weighted by Gasteiger charge is -2.11. The van der Waals surface area contributed by atoms with Crippen LogP contribution in [-0.2, 0) is 22.6 Å². The van der Waals surface area contributed by atoms with Gasteiger partial charge in [-0.1, -0.05) is 0 Å². The quantitative estimate of drug-likeness (QED) is 0.629. The van der Waals surface area contributed by atoms with Crippen molar-refractivity contribution in [2.24, 2.45) is 0 Å². The van der Waals surface area contributed by atoms with Gasteiger partial charge in [-0.2, -0.15) is 0 Å². The van der Waals surface area contributed by atoms with E-state index in [0.717, 1.165) is 6.54 Å². The van der Waals surface area contributed by atoms with Gasteiger partial charge in [0.05, 0.1) is 0 Å². The zero-order chi connectivity index (χ0) is 11.3. The van der Waals surface area contributed by atoms with Crippen LogP contribution >= 0.6 is 0 Å². The molecule has 0 aliphatic heterocycles. The molecular formula is C9H13N3O3. The first-order valence-electron chi connectivity index (χ1n) is 4.61. The Labute approximate surface area is 86.9 Å². The number of carboxylic acids is 1. The van der Waals surface area contributed by atoms with Crippen molar-refractivity contribution in [1.82, 2.24) is 14.9 Å². The van der Waals surface area contributed by atoms with E-state index in [-0.39, 0.29) is 6.42 Å². The van der Waals surface area contributed by atoms with Gasteiger partial charge in [0.1, 0.15) is 11.9 Å². The minimum atomic E-state index is -1.06. The molecular weight excluding hydrogens is 198 g/mol. The SMILES string of the molecule is CCn1ccnc1CC(NC=O)C(=O)O. The first-order chi connectivity index (χ1) is 7.19. The third-order valence-corrected chi connectivity index (χ3v) is 2.10. The third kappa shape index (κ3) is 2.80. The molecule has 0 aliphatic rings. The van der Waals surface area contributed by atoms with Crippen molar-refractivity contribution < 1.29 is 14.7 Å². The number of carboxylic acid groups (broad SMARTS) is 1. The van der Waals surface area contributed by atoms with Crippen LogP contribution in [0.5, 0.6) is 0 Å². The van der Waals surface area contributed by atoms with Crippen LogP contribution in [0.4, 0.5) is 0 Å². The Kier molecular flexibility index (Phi) is 3.84. The van der Waals surface area contributed by atoms with Crippen LogP contribution in [0.3, 0.4) is 0 Å². The topological polar surface area (TPSA) is 84.2 Å². The first kappa shape index (κ1) is 11.2. The minimum absolute atomic E-state index is 0.189. The molecule has 2 N–H and O–H groups in total. The molecule has 6 nitrogen and oxygen atoms in total. The Hall–Kier alpha value is -1.85. The molecule has 6 heteroatoms. The molecule has 0 aromatic carbocycles. The highest BCUT2D eigenvalue weighted by Crippen LogP contribution is 2.02. The highest BCUT2D eigenvalue weighted by molar-refractivity contribution is 5.76. The highest BCUT2D eigenvalue weighted by atomic mass is 16.4. The van der Waals surface area contributed by atoms with Gasteiger partial charge in [-0.25, -0.2) is 9.78 Å². The predicted molar refractivity (Wildman–Crippen MR) is 52.2 cm³/mol. The molecule has 0 spiro atoms. The number of nitrogens with zero attached hydrogens (tertiary/aromatic N) is 2. The molecule has 1 amide bonds. The van der Waals surface area contributed by atoms with E-state index in [1.807, 2.05) is 11.5 Å². The van der Waals surface area contributed by atoms with Gasteiger partial charge in [0.2, 0.25) is 6.41 Å². The van der Waals surface area contributed by atoms with E-state index in [2.05, 4.69) is 10.3 Å². The lowest BCUT2D eigenvalue weighted by molar-refractivity contribution is -0.140. The van der Waals surface area contributed by atoms with Crippen LogP contribution in [-0.4, -0.2) is 33.1 Å². The number of carbonyl (C=O) groups is 2. The van der Waals surface area contributed by atoms with Crippen molar-refractivity contribution >= 4 is 12.4 Å². The molecule has 1 heterocycles. The number of aliphatic carboxylic acids is 1. The van der Waals surface area contributed by atoms with Crippen LogP contribution in [0.25, 0.3) is 0 Å². The molecule has 1 rings (SSSR count). The van der Waals surface area contributed by atoms with Crippen molar-refractivity contribution in [3.8, 4) is 0 Å². The van der Waals surface area contributed by atoms with Crippen LogP contribution < -0.4 is 5.32 Å². The van der Waals surface area contributed by atoms with Crippen LogP contribution in [0.15, 0.2) is 12.4 Å². The molecule has 1 atom stereocenters. The van der Waals surface area contributed by atoms with Crippen molar-refractivity contribution in [3.63, 3.8) is 0 Å². The number of carbonyl (C=O) groups excluding carboxylic acids is 1. The summed E-state index contributed by atoms with van der Waals surface area (Å²) in [5.74, 6) is -0.410. The molecule has 0 saturated carbocycles. The van der Waals surface area contributed by atoms with Crippen molar-refractivity contribution in [1.29, 1.82) is 0 Å². The van der Waals surface area contributed by atoms with E-state index < -0.39 is 12.0 Å². The zero-order valence-corrected chi connectivity index (χ0v) is 8.38. The number of rotatable bonds is 6. The molecule has 0 fully saturated rings. The average Bonchev–Trinajstić information content (AvgIpc) is 2.64. The van der Waals surface area contributed by atoms with Crippen LogP contribution in [0, 0.1) is 0 Å². The number of imidazole rings is 1. The number of hydrogen-bond acceptors (Lipinski definition) is 3. The fraction of sp³-hybridized carbons (Fsp3) is 0.444. The second-order valence-electron chi connectivity index (χ2n) is 3.01. The van der Waals surface area contributed by atoms with Gasteiger partial charge in [0, 0.05) is 25.4 Å². The van der Waals surface area contributed by atoms with Crippen LogP contribution in [0.2, 0.25) is 0 Å². The summed E-state index contributed by atoms with van der Waals surface area (Å²) in [4.78, 5) is 25.0. The van der Waals surface area contributed by atoms with E-state index in [9.17, 15) is 9.59 Å². The molecule has 1 aromatic rings. The smallest absolute Gasteiger partial charge is 0.326 e. The molecule has 0 bridgehead atoms. The average molecular weight is 211 g/mol. The maximum Gasteiger partial charge on any atom is 0.326 e. The number of hydrogen-bond donors (Lipinski definition) is 2. The van der Waals surface area contributed by atoms with Gasteiger partial charge in [0.25, 0.3) is 0 Å². The van der Waals surface area contributed by atoms with Gasteiger partial charge >= 0.3 is 5.97 Å². The Balaban J connectivity index is 2.73. The lowest BCUT2D eigenvalue weighted by Crippen LogP contribution is -2.38. The Morgan fingerprint density at radius 2 is 2.53 bits per heavy atom. The number of aryl methyl sites for hydroxylation is 1. The third-order valence-electron chi connectivity index (χ3n) is 2.10. The van der Waals surface area contributed by atoms with Crippen molar-refractivity contribution in [3.05, 3.63) is 18.2 Å². The summed E-state index contributed by atoms with van der Waals surface area (Å²) in [5.41, 5.74) is 0. The summed E-state index contributed by atoms with van der Waals surface area (Å²) in [6, 6.07) is -0.921. The highest BCUT2D eigenvalue weighted by Gasteiger charge is 2.18. The normalized spacial score (nSPS) is 12.1. The summed E-state index contributed by atoms with van der Waals surface area (Å²) in [5, 5.41) is 11.0. The Morgan fingerprint density at radius 3 is 3.07 bits per heavy atom. The van der Waals surface area contributed by atoms with Crippen molar-refractivity contribution in [2.45, 2.75) is 25.9 Å². The van der Waals surface area contributed by atoms with Gasteiger partial charge in [-0.05, 0) is 6.92 Å². The number of amides is 1. The molecule has 1 unspecified atom stereocenters. The maximum absolute atomic E-state index is 10.8. The Bertz CT molecular complexity index is 348. The number of nitrogens with one attached hydrogen (secondary N) is 1. The summed E-state index contributed by atoms with van der Waals surface area (Å²) < 4.78 is 1.84. The van der Waals surface area contributed by atoms with E-state index in [0.29, 0.717) is 12.2 Å². The summed E-state index contributed by atoms with van der Waals surface area (Å²) in [6.45, 7) is 2.66. The fourth-order valence-electron chi connectivity index (χ4n) is 1.30. The fourth-order valence-corrected chi connectivity index (χ4v) is 1.30. The standard InChI is InChI=1S/C9H13N3O3/c1-2-12-4-3-10-8(12)5-7(9(14)15)11-6-13/h3-4,6-7H,2,5H2,1H3,(H,11,13)(H,14,15). The second-order valence-corrected chi connectivity index (χ2v) is 3.01. The van der Waals surface area contributed by atoms with E-state index in [1.165, 1.54) is 0 Å². The van der Waals surface area contributed by atoms with E-state index >= 15 is 0 Å². The molecule has 0 aliphatic carbocycles. The van der Waals surface area contributed by atoms with Gasteiger partial charge in [0.15, 0.2) is 0 Å². The minimum Gasteiger partial charge on any atom is -0.480 e. The lowest BCUT2D eigenvalue weighted by atomic mass is 10.2. The van der Waals surface area contributed by atoms with Gasteiger partial charge < -0.3 is 15.0 Å². The summed E-state index contributed by atoms with van der Waals surface area (Å²) in [7, 11) is 0. The van der Waals surface area contributed by atoms with Gasteiger partial charge in [-0.15, -0.1) is 0 Å². The number of aromatic nitrogens is 2. The molecule has 0 radical (unpaired) electrons. The predicted octanol–water partition coefficient (Wildman–Crippen LogP) is -0.355. The largest absolute Gasteiger partial charge is 0.480 e. The molecule has 1 aromatic heterocycles. The van der Waals surface area contributed by atoms with Gasteiger partial charge in [-0.3, -0.25) is 4.79 Å². The van der Waals surface area contributed by atoms with Crippen molar-refractivity contribution in [2.75, 3.05) is 0 Å². The van der Waals surface area contributed by atoms with Crippen LogP contribution in [0.1, 0.15) is 12.7 Å². The summed E-state index contributed by atoms with van der Waals surface area (Å²) >= 11 is 0. The zero-order valence-electron chi connectivity index (χ0n) is 8.38. The second kappa shape index (κ2) is 5.14. The van der Waals surface area contributed by atoms with E-state index in [4.69, 9.17) is 5.11 Å². The summed E-state index contributed by atoms with van der Waals surface area (Å²) in [6.07, 6.45) is 3.96. The maximum atomic E-state index is 10.8. The molecule has 0 saturated heterocycles. The first-order valence-corrected chi connectivity index (χ1v) is 4.61.